The first-order valence-corrected chi connectivity index (χ1v) is 10.4. The van der Waals surface area contributed by atoms with E-state index in [0.29, 0.717) is 4.47 Å². The summed E-state index contributed by atoms with van der Waals surface area (Å²) in [6.45, 7) is 0. The van der Waals surface area contributed by atoms with Gasteiger partial charge in [0.1, 0.15) is 16.6 Å². The molecule has 3 aromatic rings. The van der Waals surface area contributed by atoms with Crippen LogP contribution >= 0.6 is 27.7 Å². The number of nitro benzene ring substituents is 1. The van der Waals surface area contributed by atoms with Crippen molar-refractivity contribution in [3.05, 3.63) is 86.8 Å². The minimum Gasteiger partial charge on any atom is -0.423 e. The number of amides is 1. The van der Waals surface area contributed by atoms with Gasteiger partial charge in [0.2, 0.25) is 5.91 Å². The number of rotatable bonds is 7. The number of ether oxygens (including phenoxy) is 1. The quantitative estimate of drug-likeness (QED) is 0.161. The van der Waals surface area contributed by atoms with Gasteiger partial charge in [0.15, 0.2) is 0 Å². The molecule has 1 heterocycles. The van der Waals surface area contributed by atoms with Crippen molar-refractivity contribution in [2.24, 2.45) is 0 Å². The minimum absolute atomic E-state index is 0.00228. The van der Waals surface area contributed by atoms with Gasteiger partial charge < -0.3 is 10.1 Å². The zero-order chi connectivity index (χ0) is 22.4. The van der Waals surface area contributed by atoms with Gasteiger partial charge in [-0.05, 0) is 36.4 Å². The highest BCUT2D eigenvalue weighted by molar-refractivity contribution is 9.10. The zero-order valence-corrected chi connectivity index (χ0v) is 18.0. The Morgan fingerprint density at radius 3 is 2.74 bits per heavy atom. The number of nitro groups is 1. The number of anilines is 1. The summed E-state index contributed by atoms with van der Waals surface area (Å²) in [5, 5.41) is 13.5. The highest BCUT2D eigenvalue weighted by Gasteiger charge is 2.18. The van der Waals surface area contributed by atoms with E-state index >= 15 is 0 Å². The van der Waals surface area contributed by atoms with Crippen LogP contribution in [0.2, 0.25) is 0 Å². The molecule has 31 heavy (non-hydrogen) atoms. The number of non-ortho nitro benzene ring substituents is 1. The normalized spacial score (nSPS) is 10.4. The van der Waals surface area contributed by atoms with E-state index < -0.39 is 22.6 Å². The average Bonchev–Trinajstić information content (AvgIpc) is 2.74. The van der Waals surface area contributed by atoms with Crippen LogP contribution in [0.1, 0.15) is 10.4 Å². The number of carbonyl (C=O) groups is 2. The standard InChI is InChI=1S/C20H13BrFN3O5S/c21-12-6-7-17(16(22)9-12)24-18(26)11-31-19-15(5-2-8-23-19)20(27)30-14-4-1-3-13(10-14)25(28)29/h1-10H,11H2,(H,24,26). The lowest BCUT2D eigenvalue weighted by atomic mass is 10.3. The average molecular weight is 506 g/mol. The molecule has 158 valence electrons. The lowest BCUT2D eigenvalue weighted by Crippen LogP contribution is -2.16. The largest absolute Gasteiger partial charge is 0.423 e. The van der Waals surface area contributed by atoms with Crippen molar-refractivity contribution in [1.29, 1.82) is 0 Å². The predicted molar refractivity (Wildman–Crippen MR) is 116 cm³/mol. The van der Waals surface area contributed by atoms with Crippen LogP contribution in [0.5, 0.6) is 5.75 Å². The molecule has 3 rings (SSSR count). The third-order valence-electron chi connectivity index (χ3n) is 3.78. The molecule has 0 aliphatic heterocycles. The number of esters is 1. The van der Waals surface area contributed by atoms with E-state index in [1.54, 1.807) is 6.07 Å². The summed E-state index contributed by atoms with van der Waals surface area (Å²) in [5.74, 6) is -2.00. The van der Waals surface area contributed by atoms with Crippen LogP contribution in [0, 0.1) is 15.9 Å². The van der Waals surface area contributed by atoms with Crippen LogP contribution in [0.15, 0.2) is 70.3 Å². The molecule has 0 spiro atoms. The molecule has 8 nitrogen and oxygen atoms in total. The van der Waals surface area contributed by atoms with E-state index in [0.717, 1.165) is 17.8 Å². The molecule has 0 aliphatic rings. The number of halogens is 2. The smallest absolute Gasteiger partial charge is 0.346 e. The number of hydrogen-bond acceptors (Lipinski definition) is 7. The SMILES string of the molecule is O=C(CSc1ncccc1C(=O)Oc1cccc([N+](=O)[O-])c1)Nc1ccc(Br)cc1F. The Morgan fingerprint density at radius 2 is 2.00 bits per heavy atom. The molecular formula is C20H13BrFN3O5S. The Kier molecular flexibility index (Phi) is 7.32. The number of benzene rings is 2. The first kappa shape index (κ1) is 22.4. The highest BCUT2D eigenvalue weighted by Crippen LogP contribution is 2.25. The van der Waals surface area contributed by atoms with Crippen LogP contribution in [-0.2, 0) is 4.79 Å². The number of carbonyl (C=O) groups excluding carboxylic acids is 2. The summed E-state index contributed by atoms with van der Waals surface area (Å²) < 4.78 is 19.6. The molecule has 0 saturated carbocycles. The predicted octanol–water partition coefficient (Wildman–Crippen LogP) is 4.84. The number of nitrogens with one attached hydrogen (secondary N) is 1. The van der Waals surface area contributed by atoms with Crippen molar-refractivity contribution in [2.45, 2.75) is 5.03 Å². The van der Waals surface area contributed by atoms with Gasteiger partial charge in [0.25, 0.3) is 5.69 Å². The van der Waals surface area contributed by atoms with Crippen molar-refractivity contribution < 1.29 is 23.6 Å². The topological polar surface area (TPSA) is 111 Å². The molecule has 0 saturated heterocycles. The van der Waals surface area contributed by atoms with Crippen molar-refractivity contribution in [3.63, 3.8) is 0 Å². The second kappa shape index (κ2) is 10.1. The number of nitrogens with zero attached hydrogens (tertiary/aromatic N) is 2. The van der Waals surface area contributed by atoms with Gasteiger partial charge in [-0.2, -0.15) is 0 Å². The summed E-state index contributed by atoms with van der Waals surface area (Å²) in [6, 6.07) is 12.4. The van der Waals surface area contributed by atoms with Crippen molar-refractivity contribution in [3.8, 4) is 5.75 Å². The summed E-state index contributed by atoms with van der Waals surface area (Å²) >= 11 is 4.10. The highest BCUT2D eigenvalue weighted by atomic mass is 79.9. The fourth-order valence-electron chi connectivity index (χ4n) is 2.39. The van der Waals surface area contributed by atoms with Crippen molar-refractivity contribution >= 4 is 50.9 Å². The van der Waals surface area contributed by atoms with Crippen molar-refractivity contribution in [2.75, 3.05) is 11.1 Å². The van der Waals surface area contributed by atoms with E-state index in [9.17, 15) is 24.1 Å². The van der Waals surface area contributed by atoms with E-state index in [4.69, 9.17) is 4.74 Å². The summed E-state index contributed by atoms with van der Waals surface area (Å²) in [4.78, 5) is 39.1. The monoisotopic (exact) mass is 505 g/mol. The number of aromatic nitrogens is 1. The number of hydrogen-bond donors (Lipinski definition) is 1. The van der Waals surface area contributed by atoms with Gasteiger partial charge in [-0.25, -0.2) is 14.2 Å². The third kappa shape index (κ3) is 6.09. The van der Waals surface area contributed by atoms with Gasteiger partial charge in [0, 0.05) is 16.7 Å². The molecule has 2 aromatic carbocycles. The van der Waals surface area contributed by atoms with Gasteiger partial charge in [0.05, 0.1) is 28.0 Å². The molecule has 0 bridgehead atoms. The van der Waals surface area contributed by atoms with Gasteiger partial charge in [-0.15, -0.1) is 0 Å². The molecule has 0 fully saturated rings. The second-order valence-electron chi connectivity index (χ2n) is 5.96. The molecule has 1 amide bonds. The molecule has 0 unspecified atom stereocenters. The van der Waals surface area contributed by atoms with Crippen LogP contribution in [0.3, 0.4) is 0 Å². The van der Waals surface area contributed by atoms with E-state index in [2.05, 4.69) is 26.2 Å². The van der Waals surface area contributed by atoms with E-state index in [-0.39, 0.29) is 33.5 Å². The maximum Gasteiger partial charge on any atom is 0.346 e. The van der Waals surface area contributed by atoms with Gasteiger partial charge in [-0.3, -0.25) is 14.9 Å². The van der Waals surface area contributed by atoms with Crippen LogP contribution in [0.4, 0.5) is 15.8 Å². The summed E-state index contributed by atoms with van der Waals surface area (Å²) in [7, 11) is 0. The Labute approximate surface area is 188 Å². The summed E-state index contributed by atoms with van der Waals surface area (Å²) in [5.41, 5.74) is -0.107. The van der Waals surface area contributed by atoms with Crippen LogP contribution in [0.25, 0.3) is 0 Å². The number of pyridine rings is 1. The molecule has 1 aromatic heterocycles. The van der Waals surface area contributed by atoms with Gasteiger partial charge >= 0.3 is 5.97 Å². The Morgan fingerprint density at radius 1 is 1.19 bits per heavy atom. The fourth-order valence-corrected chi connectivity index (χ4v) is 3.51. The Hall–Kier alpha value is -3.31. The lowest BCUT2D eigenvalue weighted by Gasteiger charge is -2.09. The maximum atomic E-state index is 13.9. The minimum atomic E-state index is -0.782. The van der Waals surface area contributed by atoms with Crippen LogP contribution in [-0.4, -0.2) is 27.5 Å². The fraction of sp³-hybridized carbons (Fsp3) is 0.0500. The third-order valence-corrected chi connectivity index (χ3v) is 5.27. The Bertz CT molecular complexity index is 1160. The molecule has 11 heteroatoms. The zero-order valence-electron chi connectivity index (χ0n) is 15.6. The molecular weight excluding hydrogens is 493 g/mol. The molecule has 0 atom stereocenters. The maximum absolute atomic E-state index is 13.9. The second-order valence-corrected chi connectivity index (χ2v) is 7.84. The van der Waals surface area contributed by atoms with Crippen LogP contribution < -0.4 is 10.1 Å². The lowest BCUT2D eigenvalue weighted by molar-refractivity contribution is -0.384. The molecule has 1 N–H and O–H groups in total. The van der Waals surface area contributed by atoms with E-state index in [1.807, 2.05) is 0 Å². The van der Waals surface area contributed by atoms with E-state index in [1.165, 1.54) is 48.7 Å². The first-order valence-electron chi connectivity index (χ1n) is 8.63. The number of thioether (sulfide) groups is 1. The van der Waals surface area contributed by atoms with Gasteiger partial charge in [-0.1, -0.05) is 33.8 Å². The molecule has 0 radical (unpaired) electrons. The Balaban J connectivity index is 1.67. The molecule has 0 aliphatic carbocycles. The van der Waals surface area contributed by atoms with Crippen molar-refractivity contribution in [1.82, 2.24) is 4.98 Å². The first-order chi connectivity index (χ1) is 14.8. The summed E-state index contributed by atoms with van der Waals surface area (Å²) in [6.07, 6.45) is 1.44.